The molecule has 0 bridgehead atoms. The minimum atomic E-state index is -0.510. The maximum atomic E-state index is 12.6. The van der Waals surface area contributed by atoms with E-state index >= 15 is 0 Å². The second-order valence-corrected chi connectivity index (χ2v) is 8.02. The number of urea groups is 1. The van der Waals surface area contributed by atoms with Crippen molar-refractivity contribution in [2.75, 3.05) is 48.3 Å². The fourth-order valence-corrected chi connectivity index (χ4v) is 3.30. The molecule has 1 fully saturated rings. The Labute approximate surface area is 181 Å². The summed E-state index contributed by atoms with van der Waals surface area (Å²) in [5, 5.41) is 6.27. The van der Waals surface area contributed by atoms with Crippen molar-refractivity contribution in [3.05, 3.63) is 53.6 Å². The molecule has 0 radical (unpaired) electrons. The number of rotatable bonds is 5. The quantitative estimate of drug-likeness (QED) is 0.707. The van der Waals surface area contributed by atoms with E-state index in [1.807, 2.05) is 38.1 Å². The van der Waals surface area contributed by atoms with Crippen LogP contribution in [0.2, 0.25) is 5.02 Å². The molecular formula is C22H27ClN4O3. The molecule has 0 unspecified atom stereocenters. The first kappa shape index (κ1) is 21.8. The molecular weight excluding hydrogens is 404 g/mol. The van der Waals surface area contributed by atoms with Crippen molar-refractivity contribution in [2.45, 2.75) is 13.8 Å². The van der Waals surface area contributed by atoms with Crippen molar-refractivity contribution >= 4 is 40.8 Å². The van der Waals surface area contributed by atoms with Crippen LogP contribution in [0.1, 0.15) is 13.8 Å². The van der Waals surface area contributed by atoms with Gasteiger partial charge in [0.25, 0.3) is 0 Å². The Balaban J connectivity index is 1.51. The van der Waals surface area contributed by atoms with Crippen molar-refractivity contribution in [2.24, 2.45) is 5.92 Å². The lowest BCUT2D eigenvalue weighted by atomic mass is 10.2. The monoisotopic (exact) mass is 430 g/mol. The van der Waals surface area contributed by atoms with Gasteiger partial charge in [0.05, 0.1) is 6.61 Å². The van der Waals surface area contributed by atoms with Crippen molar-refractivity contribution in [3.8, 4) is 0 Å². The zero-order valence-corrected chi connectivity index (χ0v) is 18.0. The van der Waals surface area contributed by atoms with Crippen molar-refractivity contribution in [1.29, 1.82) is 0 Å². The highest BCUT2D eigenvalue weighted by molar-refractivity contribution is 6.30. The summed E-state index contributed by atoms with van der Waals surface area (Å²) >= 11 is 6.07. The summed E-state index contributed by atoms with van der Waals surface area (Å²) in [6.45, 7) is 6.98. The van der Waals surface area contributed by atoms with Crippen LogP contribution in [0.15, 0.2) is 48.5 Å². The minimum absolute atomic E-state index is 0.166. The molecule has 1 heterocycles. The van der Waals surface area contributed by atoms with Crippen LogP contribution in [0.4, 0.5) is 26.7 Å². The number of hydrogen-bond acceptors (Lipinski definition) is 4. The number of nitrogens with one attached hydrogen (secondary N) is 2. The molecule has 0 saturated carbocycles. The average Bonchev–Trinajstić information content (AvgIpc) is 2.72. The molecule has 30 heavy (non-hydrogen) atoms. The van der Waals surface area contributed by atoms with E-state index in [2.05, 4.69) is 15.5 Å². The fourth-order valence-electron chi connectivity index (χ4n) is 3.11. The topological polar surface area (TPSA) is 73.9 Å². The van der Waals surface area contributed by atoms with Crippen molar-refractivity contribution in [3.63, 3.8) is 0 Å². The lowest BCUT2D eigenvalue weighted by molar-refractivity contribution is 0.147. The van der Waals surface area contributed by atoms with Crippen LogP contribution in [-0.4, -0.2) is 49.8 Å². The predicted octanol–water partition coefficient (Wildman–Crippen LogP) is 4.90. The first-order chi connectivity index (χ1) is 14.4. The molecule has 160 valence electrons. The number of carbonyl (C=O) groups is 2. The van der Waals surface area contributed by atoms with Crippen LogP contribution in [0, 0.1) is 5.92 Å². The molecule has 2 N–H and O–H groups in total. The van der Waals surface area contributed by atoms with Crippen LogP contribution in [0.3, 0.4) is 0 Å². The van der Waals surface area contributed by atoms with Crippen LogP contribution in [0.5, 0.6) is 0 Å². The third-order valence-electron chi connectivity index (χ3n) is 4.65. The van der Waals surface area contributed by atoms with Gasteiger partial charge in [0, 0.05) is 48.3 Å². The number of anilines is 3. The molecule has 0 atom stereocenters. The van der Waals surface area contributed by atoms with Gasteiger partial charge in [0.1, 0.15) is 0 Å². The van der Waals surface area contributed by atoms with Crippen molar-refractivity contribution < 1.29 is 14.3 Å². The Morgan fingerprint density at radius 2 is 1.67 bits per heavy atom. The SMILES string of the molecule is CC(C)COC(=O)Nc1cccc(NC(=O)N2CCN(c3cccc(Cl)c3)CC2)c1. The molecule has 0 aromatic heterocycles. The van der Waals surface area contributed by atoms with E-state index in [1.165, 1.54) is 0 Å². The fraction of sp³-hybridized carbons (Fsp3) is 0.364. The Morgan fingerprint density at radius 1 is 1.00 bits per heavy atom. The Kier molecular flexibility index (Phi) is 7.41. The molecule has 8 heteroatoms. The molecule has 1 saturated heterocycles. The third kappa shape index (κ3) is 6.29. The highest BCUT2D eigenvalue weighted by Crippen LogP contribution is 2.21. The Hall–Kier alpha value is -2.93. The smallest absolute Gasteiger partial charge is 0.411 e. The van der Waals surface area contributed by atoms with E-state index in [0.717, 1.165) is 18.8 Å². The van der Waals surface area contributed by atoms with Gasteiger partial charge in [0.2, 0.25) is 0 Å². The largest absolute Gasteiger partial charge is 0.449 e. The normalized spacial score (nSPS) is 13.9. The van der Waals surface area contributed by atoms with E-state index < -0.39 is 6.09 Å². The summed E-state index contributed by atoms with van der Waals surface area (Å²) in [6, 6.07) is 14.6. The summed E-state index contributed by atoms with van der Waals surface area (Å²) in [4.78, 5) is 28.5. The Bertz CT molecular complexity index is 882. The maximum Gasteiger partial charge on any atom is 0.411 e. The number of piperazine rings is 1. The van der Waals surface area contributed by atoms with E-state index in [1.54, 1.807) is 29.2 Å². The minimum Gasteiger partial charge on any atom is -0.449 e. The zero-order valence-electron chi connectivity index (χ0n) is 17.2. The molecule has 2 aromatic rings. The van der Waals surface area contributed by atoms with Gasteiger partial charge >= 0.3 is 12.1 Å². The molecule has 1 aliphatic heterocycles. The van der Waals surface area contributed by atoms with E-state index in [-0.39, 0.29) is 11.9 Å². The average molecular weight is 431 g/mol. The molecule has 1 aliphatic rings. The lowest BCUT2D eigenvalue weighted by Crippen LogP contribution is -2.50. The van der Waals surface area contributed by atoms with Gasteiger partial charge in [-0.15, -0.1) is 0 Å². The van der Waals surface area contributed by atoms with Crippen molar-refractivity contribution in [1.82, 2.24) is 4.90 Å². The number of benzene rings is 2. The number of carbonyl (C=O) groups excluding carboxylic acids is 2. The summed E-state index contributed by atoms with van der Waals surface area (Å²) in [6.07, 6.45) is -0.510. The first-order valence-corrected chi connectivity index (χ1v) is 10.4. The summed E-state index contributed by atoms with van der Waals surface area (Å²) < 4.78 is 5.12. The van der Waals surface area contributed by atoms with Gasteiger partial charge in [-0.2, -0.15) is 0 Å². The molecule has 7 nitrogen and oxygen atoms in total. The highest BCUT2D eigenvalue weighted by Gasteiger charge is 2.21. The van der Waals surface area contributed by atoms with Gasteiger partial charge in [-0.1, -0.05) is 37.6 Å². The molecule has 3 amide bonds. The number of hydrogen-bond donors (Lipinski definition) is 2. The number of amides is 3. The summed E-state index contributed by atoms with van der Waals surface area (Å²) in [5.74, 6) is 0.265. The van der Waals surface area contributed by atoms with Gasteiger partial charge in [0.15, 0.2) is 0 Å². The van der Waals surface area contributed by atoms with Gasteiger partial charge in [-0.25, -0.2) is 9.59 Å². The molecule has 0 spiro atoms. The second kappa shape index (κ2) is 10.2. The van der Waals surface area contributed by atoms with Gasteiger partial charge < -0.3 is 19.9 Å². The zero-order chi connectivity index (χ0) is 21.5. The molecule has 2 aromatic carbocycles. The van der Waals surface area contributed by atoms with Gasteiger partial charge in [-0.05, 0) is 42.3 Å². The van der Waals surface area contributed by atoms with E-state index in [4.69, 9.17) is 16.3 Å². The predicted molar refractivity (Wildman–Crippen MR) is 121 cm³/mol. The van der Waals surface area contributed by atoms with Crippen LogP contribution in [-0.2, 0) is 4.74 Å². The number of halogens is 1. The number of ether oxygens (including phenoxy) is 1. The van der Waals surface area contributed by atoms with E-state index in [0.29, 0.717) is 36.1 Å². The Morgan fingerprint density at radius 3 is 2.33 bits per heavy atom. The standard InChI is InChI=1S/C22H27ClN4O3/c1-16(2)15-30-22(29)25-19-7-4-6-18(14-19)24-21(28)27-11-9-26(10-12-27)20-8-3-5-17(23)13-20/h3-8,13-14,16H,9-12,15H2,1-2H3,(H,24,28)(H,25,29). The molecule has 3 rings (SSSR count). The lowest BCUT2D eigenvalue weighted by Gasteiger charge is -2.36. The molecule has 0 aliphatic carbocycles. The second-order valence-electron chi connectivity index (χ2n) is 7.58. The van der Waals surface area contributed by atoms with Crippen LogP contribution in [0.25, 0.3) is 0 Å². The van der Waals surface area contributed by atoms with Crippen LogP contribution >= 0.6 is 11.6 Å². The van der Waals surface area contributed by atoms with Gasteiger partial charge in [-0.3, -0.25) is 5.32 Å². The summed E-state index contributed by atoms with van der Waals surface area (Å²) in [7, 11) is 0. The van der Waals surface area contributed by atoms with E-state index in [9.17, 15) is 9.59 Å². The first-order valence-electron chi connectivity index (χ1n) is 10.0. The highest BCUT2D eigenvalue weighted by atomic mass is 35.5. The maximum absolute atomic E-state index is 12.6. The summed E-state index contributed by atoms with van der Waals surface area (Å²) in [5.41, 5.74) is 2.23. The number of nitrogens with zero attached hydrogens (tertiary/aromatic N) is 2. The van der Waals surface area contributed by atoms with Crippen LogP contribution < -0.4 is 15.5 Å². The third-order valence-corrected chi connectivity index (χ3v) is 4.88.